The van der Waals surface area contributed by atoms with Gasteiger partial charge in [0.05, 0.1) is 13.2 Å². The highest BCUT2D eigenvalue weighted by Crippen LogP contribution is 2.27. The van der Waals surface area contributed by atoms with E-state index in [-0.39, 0.29) is 5.78 Å². The Morgan fingerprint density at radius 1 is 1.20 bits per heavy atom. The van der Waals surface area contributed by atoms with Crippen LogP contribution in [0, 0.1) is 0 Å². The van der Waals surface area contributed by atoms with E-state index in [4.69, 9.17) is 9.47 Å². The van der Waals surface area contributed by atoms with Gasteiger partial charge in [0.2, 0.25) is 0 Å². The molecule has 0 aliphatic carbocycles. The summed E-state index contributed by atoms with van der Waals surface area (Å²) in [6, 6.07) is 9.06. The van der Waals surface area contributed by atoms with Crippen molar-refractivity contribution in [3.05, 3.63) is 35.9 Å². The molecule has 0 radical (unpaired) electrons. The van der Waals surface area contributed by atoms with Gasteiger partial charge in [-0.25, -0.2) is 4.79 Å². The molecule has 108 valence electrons. The van der Waals surface area contributed by atoms with E-state index in [1.807, 2.05) is 18.2 Å². The summed E-state index contributed by atoms with van der Waals surface area (Å²) in [5.74, 6) is -0.203. The van der Waals surface area contributed by atoms with Gasteiger partial charge in [-0.3, -0.25) is 4.79 Å². The Morgan fingerprint density at radius 3 is 2.35 bits per heavy atom. The van der Waals surface area contributed by atoms with E-state index in [1.165, 1.54) is 6.92 Å². The molecule has 0 aromatic heterocycles. The highest BCUT2D eigenvalue weighted by Gasteiger charge is 2.37. The molecular formula is C15H19NO4. The van der Waals surface area contributed by atoms with Crippen LogP contribution in [-0.2, 0) is 19.9 Å². The first-order valence-electron chi connectivity index (χ1n) is 6.66. The summed E-state index contributed by atoms with van der Waals surface area (Å²) in [5.41, 5.74) is -0.578. The van der Waals surface area contributed by atoms with E-state index in [1.54, 1.807) is 24.0 Å². The third-order valence-corrected chi connectivity index (χ3v) is 3.56. The molecule has 1 saturated heterocycles. The second kappa shape index (κ2) is 6.05. The largest absolute Gasteiger partial charge is 0.430 e. The average molecular weight is 277 g/mol. The van der Waals surface area contributed by atoms with Gasteiger partial charge in [0.1, 0.15) is 0 Å². The zero-order valence-corrected chi connectivity index (χ0v) is 11.8. The lowest BCUT2D eigenvalue weighted by Gasteiger charge is -2.32. The molecule has 0 saturated carbocycles. The molecule has 0 N–H and O–H groups in total. The molecule has 20 heavy (non-hydrogen) atoms. The highest BCUT2D eigenvalue weighted by atomic mass is 16.6. The van der Waals surface area contributed by atoms with Crippen LogP contribution in [0.4, 0.5) is 4.79 Å². The average Bonchev–Trinajstić information content (AvgIpc) is 2.48. The van der Waals surface area contributed by atoms with Gasteiger partial charge in [-0.05, 0) is 13.8 Å². The van der Waals surface area contributed by atoms with E-state index >= 15 is 0 Å². The third kappa shape index (κ3) is 2.99. The minimum Gasteiger partial charge on any atom is -0.430 e. The van der Waals surface area contributed by atoms with E-state index in [0.717, 1.165) is 0 Å². The van der Waals surface area contributed by atoms with Crippen molar-refractivity contribution in [1.29, 1.82) is 0 Å². The van der Waals surface area contributed by atoms with Gasteiger partial charge in [-0.15, -0.1) is 0 Å². The van der Waals surface area contributed by atoms with Crippen molar-refractivity contribution in [2.75, 3.05) is 26.3 Å². The first-order chi connectivity index (χ1) is 9.54. The Balaban J connectivity index is 2.17. The van der Waals surface area contributed by atoms with Crippen molar-refractivity contribution in [1.82, 2.24) is 4.90 Å². The van der Waals surface area contributed by atoms with Gasteiger partial charge >= 0.3 is 6.09 Å². The standard InChI is InChI=1S/C15H19NO4/c1-12(17)15(2,13-6-4-3-5-7-13)20-14(18)16-8-10-19-11-9-16/h3-7H,8-11H2,1-2H3. The Labute approximate surface area is 118 Å². The monoisotopic (exact) mass is 277 g/mol. The smallest absolute Gasteiger partial charge is 0.411 e. The Kier molecular flexibility index (Phi) is 4.39. The van der Waals surface area contributed by atoms with Crippen LogP contribution in [0.5, 0.6) is 0 Å². The summed E-state index contributed by atoms with van der Waals surface area (Å²) in [5, 5.41) is 0. The number of carbonyl (C=O) groups excluding carboxylic acids is 2. The predicted molar refractivity (Wildman–Crippen MR) is 73.3 cm³/mol. The maximum Gasteiger partial charge on any atom is 0.411 e. The molecule has 5 nitrogen and oxygen atoms in total. The molecule has 1 fully saturated rings. The van der Waals surface area contributed by atoms with Crippen LogP contribution >= 0.6 is 0 Å². The number of hydrogen-bond acceptors (Lipinski definition) is 4. The summed E-state index contributed by atoms with van der Waals surface area (Å²) < 4.78 is 10.7. The summed E-state index contributed by atoms with van der Waals surface area (Å²) in [7, 11) is 0. The van der Waals surface area contributed by atoms with Crippen molar-refractivity contribution < 1.29 is 19.1 Å². The van der Waals surface area contributed by atoms with Crippen LogP contribution in [0.2, 0.25) is 0 Å². The van der Waals surface area contributed by atoms with Crippen LogP contribution in [0.15, 0.2) is 30.3 Å². The predicted octanol–water partition coefficient (Wildman–Crippen LogP) is 1.96. The minimum absolute atomic E-state index is 0.203. The van der Waals surface area contributed by atoms with Crippen molar-refractivity contribution in [2.45, 2.75) is 19.4 Å². The van der Waals surface area contributed by atoms with Crippen molar-refractivity contribution in [2.24, 2.45) is 0 Å². The van der Waals surface area contributed by atoms with E-state index in [0.29, 0.717) is 31.9 Å². The van der Waals surface area contributed by atoms with Gasteiger partial charge in [-0.1, -0.05) is 30.3 Å². The SMILES string of the molecule is CC(=O)C(C)(OC(=O)N1CCOCC1)c1ccccc1. The van der Waals surface area contributed by atoms with Crippen LogP contribution in [0.3, 0.4) is 0 Å². The minimum atomic E-state index is -1.25. The molecule has 0 spiro atoms. The lowest BCUT2D eigenvalue weighted by atomic mass is 9.92. The van der Waals surface area contributed by atoms with E-state index in [9.17, 15) is 9.59 Å². The maximum atomic E-state index is 12.2. The molecule has 1 aliphatic rings. The lowest BCUT2D eigenvalue weighted by molar-refractivity contribution is -0.136. The number of benzene rings is 1. The molecule has 1 aromatic rings. The number of ketones is 1. The second-order valence-corrected chi connectivity index (χ2v) is 4.92. The first kappa shape index (κ1) is 14.5. The molecule has 2 rings (SSSR count). The Morgan fingerprint density at radius 2 is 1.80 bits per heavy atom. The molecular weight excluding hydrogens is 258 g/mol. The molecule has 1 atom stereocenters. The maximum absolute atomic E-state index is 12.2. The number of rotatable bonds is 3. The van der Waals surface area contributed by atoms with E-state index in [2.05, 4.69) is 0 Å². The van der Waals surface area contributed by atoms with Crippen molar-refractivity contribution >= 4 is 11.9 Å². The zero-order chi connectivity index (χ0) is 14.6. The number of morpholine rings is 1. The second-order valence-electron chi connectivity index (χ2n) is 4.92. The van der Waals surface area contributed by atoms with Gasteiger partial charge in [0.25, 0.3) is 0 Å². The fraction of sp³-hybridized carbons (Fsp3) is 0.467. The van der Waals surface area contributed by atoms with Crippen LogP contribution in [0.1, 0.15) is 19.4 Å². The van der Waals surface area contributed by atoms with Crippen molar-refractivity contribution in [3.8, 4) is 0 Å². The van der Waals surface area contributed by atoms with Crippen molar-refractivity contribution in [3.63, 3.8) is 0 Å². The topological polar surface area (TPSA) is 55.8 Å². The molecule has 1 amide bonds. The Bertz CT molecular complexity index is 482. The van der Waals surface area contributed by atoms with Crippen LogP contribution < -0.4 is 0 Å². The number of hydrogen-bond donors (Lipinski definition) is 0. The van der Waals surface area contributed by atoms with Gasteiger partial charge in [0, 0.05) is 18.7 Å². The summed E-state index contributed by atoms with van der Waals surface area (Å²) in [6.07, 6.45) is -0.477. The number of ether oxygens (including phenoxy) is 2. The number of carbonyl (C=O) groups is 2. The van der Waals surface area contributed by atoms with E-state index < -0.39 is 11.7 Å². The lowest BCUT2D eigenvalue weighted by Crippen LogP contribution is -2.46. The quantitative estimate of drug-likeness (QED) is 0.847. The first-order valence-corrected chi connectivity index (χ1v) is 6.66. The highest BCUT2D eigenvalue weighted by molar-refractivity contribution is 5.88. The molecule has 1 heterocycles. The fourth-order valence-electron chi connectivity index (χ4n) is 2.08. The molecule has 1 aliphatic heterocycles. The number of Topliss-reactive ketones (excluding diaryl/α,β-unsaturated/α-hetero) is 1. The fourth-order valence-corrected chi connectivity index (χ4v) is 2.08. The normalized spacial score (nSPS) is 18.2. The van der Waals surface area contributed by atoms with Gasteiger partial charge in [0.15, 0.2) is 11.4 Å². The third-order valence-electron chi connectivity index (χ3n) is 3.56. The molecule has 5 heteroatoms. The van der Waals surface area contributed by atoms with Gasteiger partial charge in [-0.2, -0.15) is 0 Å². The number of nitrogens with zero attached hydrogens (tertiary/aromatic N) is 1. The summed E-state index contributed by atoms with van der Waals surface area (Å²) in [6.45, 7) is 5.03. The molecule has 1 unspecified atom stereocenters. The van der Waals surface area contributed by atoms with Crippen LogP contribution in [-0.4, -0.2) is 43.1 Å². The number of amides is 1. The van der Waals surface area contributed by atoms with Gasteiger partial charge < -0.3 is 14.4 Å². The summed E-state index contributed by atoms with van der Waals surface area (Å²) in [4.78, 5) is 25.7. The van der Waals surface area contributed by atoms with Crippen LogP contribution in [0.25, 0.3) is 0 Å². The molecule has 1 aromatic carbocycles. The summed E-state index contributed by atoms with van der Waals surface area (Å²) >= 11 is 0. The molecule has 0 bridgehead atoms. The zero-order valence-electron chi connectivity index (χ0n) is 11.8. The Hall–Kier alpha value is -1.88.